The molecule has 0 aliphatic rings. The van der Waals surface area contributed by atoms with Crippen molar-refractivity contribution >= 4 is 5.78 Å². The van der Waals surface area contributed by atoms with Crippen molar-refractivity contribution in [3.63, 3.8) is 0 Å². The molecule has 98 valence electrons. The van der Waals surface area contributed by atoms with E-state index in [-0.39, 0.29) is 5.78 Å². The Kier molecular flexibility index (Phi) is 3.70. The van der Waals surface area contributed by atoms with Crippen LogP contribution in [-0.2, 0) is 11.2 Å². The van der Waals surface area contributed by atoms with Gasteiger partial charge in [0.1, 0.15) is 11.5 Å². The summed E-state index contributed by atoms with van der Waals surface area (Å²) in [7, 11) is 0. The molecule has 2 nitrogen and oxygen atoms in total. The number of carbonyl (C=O) groups is 1. The van der Waals surface area contributed by atoms with Crippen LogP contribution in [-0.4, -0.2) is 10.9 Å². The lowest BCUT2D eigenvalue weighted by molar-refractivity contribution is -0.116. The van der Waals surface area contributed by atoms with E-state index in [4.69, 9.17) is 0 Å². The van der Waals surface area contributed by atoms with Crippen LogP contribution in [0, 0.1) is 13.8 Å². The van der Waals surface area contributed by atoms with Gasteiger partial charge >= 0.3 is 0 Å². The Morgan fingerprint density at radius 1 is 1.05 bits per heavy atom. The first-order valence-corrected chi connectivity index (χ1v) is 6.36. The van der Waals surface area contributed by atoms with Crippen LogP contribution in [0.2, 0.25) is 0 Å². The Hall–Kier alpha value is -2.09. The Bertz CT molecular complexity index is 604. The highest BCUT2D eigenvalue weighted by Crippen LogP contribution is 2.29. The number of ketones is 1. The molecule has 0 atom stereocenters. The Balaban J connectivity index is 2.44. The third-order valence-electron chi connectivity index (χ3n) is 3.20. The first-order valence-electron chi connectivity index (χ1n) is 6.36. The molecule has 2 aromatic rings. The lowest BCUT2D eigenvalue weighted by Gasteiger charge is -2.09. The molecule has 0 unspecified atom stereocenters. The van der Waals surface area contributed by atoms with Crippen LogP contribution >= 0.6 is 0 Å². The highest BCUT2D eigenvalue weighted by Gasteiger charge is 2.06. The molecule has 0 amide bonds. The van der Waals surface area contributed by atoms with E-state index in [0.717, 1.165) is 27.8 Å². The smallest absolute Gasteiger partial charge is 0.134 e. The molecule has 0 saturated carbocycles. The van der Waals surface area contributed by atoms with Gasteiger partial charge in [-0.1, -0.05) is 24.3 Å². The van der Waals surface area contributed by atoms with Crippen molar-refractivity contribution < 1.29 is 9.90 Å². The molecular formula is C17H18O2. The molecular weight excluding hydrogens is 236 g/mol. The molecule has 2 rings (SSSR count). The molecule has 2 aromatic carbocycles. The second kappa shape index (κ2) is 5.27. The number of rotatable bonds is 3. The van der Waals surface area contributed by atoms with E-state index < -0.39 is 0 Å². The van der Waals surface area contributed by atoms with Crippen LogP contribution in [0.5, 0.6) is 5.75 Å². The highest BCUT2D eigenvalue weighted by molar-refractivity contribution is 5.79. The number of hydrogen-bond donors (Lipinski definition) is 1. The first kappa shape index (κ1) is 13.3. The van der Waals surface area contributed by atoms with Gasteiger partial charge in [-0.05, 0) is 60.7 Å². The topological polar surface area (TPSA) is 37.3 Å². The third-order valence-corrected chi connectivity index (χ3v) is 3.20. The van der Waals surface area contributed by atoms with E-state index in [1.165, 1.54) is 0 Å². The summed E-state index contributed by atoms with van der Waals surface area (Å²) in [6.07, 6.45) is 0.462. The summed E-state index contributed by atoms with van der Waals surface area (Å²) < 4.78 is 0. The maximum atomic E-state index is 11.2. The summed E-state index contributed by atoms with van der Waals surface area (Å²) in [5, 5.41) is 9.81. The minimum absolute atomic E-state index is 0.162. The zero-order valence-corrected chi connectivity index (χ0v) is 11.5. The number of aryl methyl sites for hydroxylation is 2. The predicted molar refractivity (Wildman–Crippen MR) is 77.4 cm³/mol. The number of aromatic hydroxyl groups is 1. The van der Waals surface area contributed by atoms with E-state index in [0.29, 0.717) is 12.2 Å². The van der Waals surface area contributed by atoms with Crippen molar-refractivity contribution in [3.05, 3.63) is 53.1 Å². The van der Waals surface area contributed by atoms with Crippen molar-refractivity contribution in [2.24, 2.45) is 0 Å². The van der Waals surface area contributed by atoms with Gasteiger partial charge in [0.15, 0.2) is 0 Å². The zero-order valence-electron chi connectivity index (χ0n) is 11.5. The molecule has 19 heavy (non-hydrogen) atoms. The van der Waals surface area contributed by atoms with E-state index in [2.05, 4.69) is 0 Å². The summed E-state index contributed by atoms with van der Waals surface area (Å²) >= 11 is 0. The first-order chi connectivity index (χ1) is 8.97. The van der Waals surface area contributed by atoms with Gasteiger partial charge < -0.3 is 5.11 Å². The number of phenols is 1. The van der Waals surface area contributed by atoms with Crippen molar-refractivity contribution in [2.45, 2.75) is 27.2 Å². The fourth-order valence-electron chi connectivity index (χ4n) is 2.27. The molecule has 0 aliphatic carbocycles. The maximum absolute atomic E-state index is 11.2. The number of Topliss-reactive ketones (excluding diaryl/α,β-unsaturated/α-hetero) is 1. The molecule has 0 saturated heterocycles. The Morgan fingerprint density at radius 2 is 1.68 bits per heavy atom. The van der Waals surface area contributed by atoms with Crippen molar-refractivity contribution in [1.29, 1.82) is 0 Å². The molecule has 0 heterocycles. The molecule has 0 spiro atoms. The molecule has 0 aromatic heterocycles. The SMILES string of the molecule is CC(=O)Cc1cccc(-c2cc(C)c(O)c(C)c2)c1. The number of hydrogen-bond acceptors (Lipinski definition) is 2. The van der Waals surface area contributed by atoms with Crippen molar-refractivity contribution in [3.8, 4) is 16.9 Å². The van der Waals surface area contributed by atoms with Gasteiger partial charge in [-0.25, -0.2) is 0 Å². The second-order valence-corrected chi connectivity index (χ2v) is 5.04. The summed E-state index contributed by atoms with van der Waals surface area (Å²) in [4.78, 5) is 11.2. The van der Waals surface area contributed by atoms with Gasteiger partial charge in [-0.2, -0.15) is 0 Å². The summed E-state index contributed by atoms with van der Waals surface area (Å²) in [6.45, 7) is 5.39. The van der Waals surface area contributed by atoms with Crippen LogP contribution < -0.4 is 0 Å². The fourth-order valence-corrected chi connectivity index (χ4v) is 2.27. The molecule has 0 bridgehead atoms. The minimum Gasteiger partial charge on any atom is -0.507 e. The van der Waals surface area contributed by atoms with Gasteiger partial charge in [0.25, 0.3) is 0 Å². The lowest BCUT2D eigenvalue weighted by atomic mass is 9.97. The maximum Gasteiger partial charge on any atom is 0.134 e. The van der Waals surface area contributed by atoms with Crippen LogP contribution in [0.3, 0.4) is 0 Å². The predicted octanol–water partition coefficient (Wildman–Crippen LogP) is 3.81. The van der Waals surface area contributed by atoms with Crippen LogP contribution in [0.15, 0.2) is 36.4 Å². The molecule has 0 fully saturated rings. The largest absolute Gasteiger partial charge is 0.507 e. The van der Waals surface area contributed by atoms with Crippen molar-refractivity contribution in [2.75, 3.05) is 0 Å². The number of benzene rings is 2. The minimum atomic E-state index is 0.162. The van der Waals surface area contributed by atoms with E-state index in [1.807, 2.05) is 50.2 Å². The highest BCUT2D eigenvalue weighted by atomic mass is 16.3. The quantitative estimate of drug-likeness (QED) is 0.904. The van der Waals surface area contributed by atoms with Gasteiger partial charge in [0, 0.05) is 6.42 Å². The number of phenolic OH excluding ortho intramolecular Hbond substituents is 1. The fraction of sp³-hybridized carbons (Fsp3) is 0.235. The average Bonchev–Trinajstić information content (AvgIpc) is 2.35. The van der Waals surface area contributed by atoms with Gasteiger partial charge in [-0.3, -0.25) is 4.79 Å². The van der Waals surface area contributed by atoms with Gasteiger partial charge in [0.05, 0.1) is 0 Å². The van der Waals surface area contributed by atoms with Crippen LogP contribution in [0.4, 0.5) is 0 Å². The van der Waals surface area contributed by atoms with Crippen LogP contribution in [0.1, 0.15) is 23.6 Å². The van der Waals surface area contributed by atoms with E-state index in [9.17, 15) is 9.90 Å². The average molecular weight is 254 g/mol. The summed E-state index contributed by atoms with van der Waals surface area (Å²) in [6, 6.07) is 11.9. The van der Waals surface area contributed by atoms with E-state index in [1.54, 1.807) is 6.92 Å². The molecule has 2 heteroatoms. The van der Waals surface area contributed by atoms with Gasteiger partial charge in [-0.15, -0.1) is 0 Å². The molecule has 0 aliphatic heterocycles. The summed E-state index contributed by atoms with van der Waals surface area (Å²) in [5.41, 5.74) is 4.90. The normalized spacial score (nSPS) is 10.5. The standard InChI is InChI=1S/C17H18O2/c1-11-7-16(8-12(2)17(11)19)15-6-4-5-14(10-15)9-13(3)18/h4-8,10,19H,9H2,1-3H3. The Labute approximate surface area is 113 Å². The van der Waals surface area contributed by atoms with Gasteiger partial charge in [0.2, 0.25) is 0 Å². The van der Waals surface area contributed by atoms with Crippen molar-refractivity contribution in [1.82, 2.24) is 0 Å². The zero-order chi connectivity index (χ0) is 14.0. The number of carbonyl (C=O) groups excluding carboxylic acids is 1. The summed E-state index contributed by atoms with van der Waals surface area (Å²) in [5.74, 6) is 0.513. The third kappa shape index (κ3) is 3.02. The Morgan fingerprint density at radius 3 is 2.26 bits per heavy atom. The molecule has 0 radical (unpaired) electrons. The molecule has 1 N–H and O–H groups in total. The van der Waals surface area contributed by atoms with E-state index >= 15 is 0 Å². The second-order valence-electron chi connectivity index (χ2n) is 5.04. The lowest BCUT2D eigenvalue weighted by Crippen LogP contribution is -1.96. The monoisotopic (exact) mass is 254 g/mol. The van der Waals surface area contributed by atoms with Crippen LogP contribution in [0.25, 0.3) is 11.1 Å².